The molecular weight excluding hydrogens is 239 g/mol. The van der Waals surface area contributed by atoms with E-state index >= 15 is 0 Å². The molecule has 1 aromatic rings. The molecule has 0 aliphatic carbocycles. The molecule has 0 atom stereocenters. The summed E-state index contributed by atoms with van der Waals surface area (Å²) in [4.78, 5) is 10.7. The summed E-state index contributed by atoms with van der Waals surface area (Å²) in [6, 6.07) is 4.33. The first-order valence-electron chi connectivity index (χ1n) is 3.74. The van der Waals surface area contributed by atoms with Crippen LogP contribution in [0.3, 0.4) is 0 Å². The minimum atomic E-state index is -1.10. The Hall–Kier alpha value is -1.37. The van der Waals surface area contributed by atoms with E-state index in [2.05, 4.69) is 5.92 Å². The fraction of sp³-hybridized carbons (Fsp3) is 0.100. The van der Waals surface area contributed by atoms with Crippen LogP contribution in [0.1, 0.15) is 10.4 Å². The van der Waals surface area contributed by atoms with Crippen LogP contribution in [0.4, 0.5) is 0 Å². The Morgan fingerprint density at radius 1 is 1.60 bits per heavy atom. The molecule has 0 aliphatic heterocycles. The lowest BCUT2D eigenvalue weighted by Crippen LogP contribution is -2.03. The van der Waals surface area contributed by atoms with E-state index in [0.29, 0.717) is 5.02 Å². The lowest BCUT2D eigenvalue weighted by Gasteiger charge is -2.05. The van der Waals surface area contributed by atoms with Gasteiger partial charge in [-0.15, -0.1) is 18.8 Å². The Labute approximate surface area is 98.4 Å². The molecule has 0 fully saturated rings. The van der Waals surface area contributed by atoms with Gasteiger partial charge in [0.1, 0.15) is 17.9 Å². The molecule has 0 bridgehead atoms. The predicted molar refractivity (Wildman–Crippen MR) is 60.0 cm³/mol. The highest BCUT2D eigenvalue weighted by molar-refractivity contribution is 6.31. The molecule has 0 amide bonds. The number of aromatic carboxylic acids is 1. The zero-order valence-corrected chi connectivity index (χ0v) is 9.14. The summed E-state index contributed by atoms with van der Waals surface area (Å²) in [5, 5.41) is 9.14. The average Bonchev–Trinajstić information content (AvgIpc) is 2.15. The third-order valence-electron chi connectivity index (χ3n) is 1.48. The molecule has 0 aromatic heterocycles. The highest BCUT2D eigenvalue weighted by Crippen LogP contribution is 2.22. The van der Waals surface area contributed by atoms with Gasteiger partial charge in [-0.05, 0) is 18.2 Å². The standard InChI is InChI=1S/C10H7ClO3.ClH/c1-2-5-14-9-4-3-7(11)6-8(9)10(12)13;/h1,3-4,6H,5H2,(H,12,13);1H. The number of carbonyl (C=O) groups is 1. The number of terminal acetylenes is 1. The minimum Gasteiger partial charge on any atom is -0.480 e. The number of hydrogen-bond acceptors (Lipinski definition) is 2. The summed E-state index contributed by atoms with van der Waals surface area (Å²) in [5.41, 5.74) is 0.00718. The Morgan fingerprint density at radius 3 is 2.80 bits per heavy atom. The Balaban J connectivity index is 0.00000196. The first-order valence-corrected chi connectivity index (χ1v) is 4.12. The predicted octanol–water partition coefficient (Wildman–Crippen LogP) is 2.47. The molecule has 1 rings (SSSR count). The van der Waals surface area contributed by atoms with Gasteiger partial charge < -0.3 is 9.84 Å². The second-order valence-corrected chi connectivity index (χ2v) is 2.87. The fourth-order valence-electron chi connectivity index (χ4n) is 0.915. The van der Waals surface area contributed by atoms with Crippen molar-refractivity contribution in [1.82, 2.24) is 0 Å². The van der Waals surface area contributed by atoms with Crippen molar-refractivity contribution in [3.63, 3.8) is 0 Å². The number of hydrogen-bond donors (Lipinski definition) is 1. The first kappa shape index (κ1) is 13.6. The maximum atomic E-state index is 10.7. The number of carboxylic acid groups (broad SMARTS) is 1. The van der Waals surface area contributed by atoms with E-state index < -0.39 is 5.97 Å². The van der Waals surface area contributed by atoms with E-state index in [0.717, 1.165) is 0 Å². The normalized spacial score (nSPS) is 8.53. The largest absolute Gasteiger partial charge is 0.480 e. The van der Waals surface area contributed by atoms with E-state index in [9.17, 15) is 4.79 Å². The summed E-state index contributed by atoms with van der Waals surface area (Å²) in [5.74, 6) is 1.37. The first-order chi connectivity index (χ1) is 6.65. The molecule has 80 valence electrons. The van der Waals surface area contributed by atoms with Crippen LogP contribution >= 0.6 is 24.0 Å². The van der Waals surface area contributed by atoms with E-state index in [4.69, 9.17) is 27.9 Å². The summed E-state index contributed by atoms with van der Waals surface area (Å²) < 4.78 is 5.03. The van der Waals surface area contributed by atoms with Gasteiger partial charge in [-0.1, -0.05) is 17.5 Å². The van der Waals surface area contributed by atoms with Crippen LogP contribution in [0.2, 0.25) is 5.02 Å². The lowest BCUT2D eigenvalue weighted by atomic mass is 10.2. The van der Waals surface area contributed by atoms with Crippen molar-refractivity contribution in [3.8, 4) is 18.1 Å². The van der Waals surface area contributed by atoms with Crippen LogP contribution in [0.25, 0.3) is 0 Å². The maximum Gasteiger partial charge on any atom is 0.339 e. The van der Waals surface area contributed by atoms with Crippen LogP contribution in [-0.2, 0) is 0 Å². The molecule has 5 heteroatoms. The number of carboxylic acids is 1. The lowest BCUT2D eigenvalue weighted by molar-refractivity contribution is 0.0693. The molecule has 0 unspecified atom stereocenters. The Morgan fingerprint density at radius 2 is 2.27 bits per heavy atom. The van der Waals surface area contributed by atoms with Gasteiger partial charge in [-0.3, -0.25) is 0 Å². The second-order valence-electron chi connectivity index (χ2n) is 2.44. The van der Waals surface area contributed by atoms with Crippen LogP contribution in [0, 0.1) is 12.3 Å². The quantitative estimate of drug-likeness (QED) is 0.834. The molecule has 0 radical (unpaired) electrons. The van der Waals surface area contributed by atoms with Crippen LogP contribution in [0.5, 0.6) is 5.75 Å². The van der Waals surface area contributed by atoms with E-state index in [-0.39, 0.29) is 30.3 Å². The van der Waals surface area contributed by atoms with Crippen LogP contribution in [-0.4, -0.2) is 17.7 Å². The van der Waals surface area contributed by atoms with Gasteiger partial charge >= 0.3 is 5.97 Å². The highest BCUT2D eigenvalue weighted by atomic mass is 35.5. The van der Waals surface area contributed by atoms with Crippen molar-refractivity contribution in [2.45, 2.75) is 0 Å². The molecule has 0 saturated carbocycles. The molecule has 0 saturated heterocycles. The molecule has 15 heavy (non-hydrogen) atoms. The van der Waals surface area contributed by atoms with Gasteiger partial charge in [-0.2, -0.15) is 0 Å². The van der Waals surface area contributed by atoms with Gasteiger partial charge in [0.25, 0.3) is 0 Å². The second kappa shape index (κ2) is 6.18. The molecule has 0 aliphatic rings. The minimum absolute atomic E-state index is 0. The summed E-state index contributed by atoms with van der Waals surface area (Å²) in [7, 11) is 0. The zero-order chi connectivity index (χ0) is 10.6. The van der Waals surface area contributed by atoms with Gasteiger partial charge in [0.15, 0.2) is 0 Å². The monoisotopic (exact) mass is 246 g/mol. The third kappa shape index (κ3) is 3.70. The summed E-state index contributed by atoms with van der Waals surface area (Å²) in [6.45, 7) is 0.0297. The molecular formula is C10H8Cl2O3. The van der Waals surface area contributed by atoms with Gasteiger partial charge in [-0.25, -0.2) is 4.79 Å². The topological polar surface area (TPSA) is 46.5 Å². The van der Waals surface area contributed by atoms with E-state index in [1.807, 2.05) is 0 Å². The molecule has 0 heterocycles. The number of rotatable bonds is 3. The molecule has 3 nitrogen and oxygen atoms in total. The van der Waals surface area contributed by atoms with Crippen molar-refractivity contribution in [2.24, 2.45) is 0 Å². The Bertz CT molecular complexity index is 396. The number of ether oxygens (including phenoxy) is 1. The number of benzene rings is 1. The molecule has 0 spiro atoms. The van der Waals surface area contributed by atoms with E-state index in [1.165, 1.54) is 12.1 Å². The van der Waals surface area contributed by atoms with Crippen molar-refractivity contribution in [1.29, 1.82) is 0 Å². The van der Waals surface area contributed by atoms with E-state index in [1.54, 1.807) is 6.07 Å². The number of halogens is 2. The molecule has 1 aromatic carbocycles. The smallest absolute Gasteiger partial charge is 0.339 e. The van der Waals surface area contributed by atoms with Gasteiger partial charge in [0.2, 0.25) is 0 Å². The van der Waals surface area contributed by atoms with Crippen molar-refractivity contribution >= 4 is 30.0 Å². The van der Waals surface area contributed by atoms with Gasteiger partial charge in [0, 0.05) is 5.02 Å². The highest BCUT2D eigenvalue weighted by Gasteiger charge is 2.11. The van der Waals surface area contributed by atoms with Crippen molar-refractivity contribution in [2.75, 3.05) is 6.61 Å². The van der Waals surface area contributed by atoms with Crippen molar-refractivity contribution in [3.05, 3.63) is 28.8 Å². The third-order valence-corrected chi connectivity index (χ3v) is 1.72. The fourth-order valence-corrected chi connectivity index (χ4v) is 1.09. The SMILES string of the molecule is C#CCOc1ccc(Cl)cc1C(=O)O.Cl. The summed E-state index contributed by atoms with van der Waals surface area (Å²) in [6.07, 6.45) is 4.98. The van der Waals surface area contributed by atoms with Crippen molar-refractivity contribution < 1.29 is 14.6 Å². The molecule has 1 N–H and O–H groups in total. The van der Waals surface area contributed by atoms with Crippen LogP contribution < -0.4 is 4.74 Å². The Kier molecular flexibility index (Phi) is 5.61. The van der Waals surface area contributed by atoms with Crippen LogP contribution in [0.15, 0.2) is 18.2 Å². The summed E-state index contributed by atoms with van der Waals surface area (Å²) >= 11 is 5.64. The van der Waals surface area contributed by atoms with Gasteiger partial charge in [0.05, 0.1) is 0 Å². The maximum absolute atomic E-state index is 10.7. The zero-order valence-electron chi connectivity index (χ0n) is 7.57. The average molecular weight is 247 g/mol.